The van der Waals surface area contributed by atoms with Gasteiger partial charge in [-0.15, -0.1) is 0 Å². The van der Waals surface area contributed by atoms with E-state index in [0.29, 0.717) is 12.6 Å². The number of hydrogen-bond donors (Lipinski definition) is 1. The normalized spacial score (nSPS) is 12.6. The van der Waals surface area contributed by atoms with Crippen LogP contribution < -0.4 is 0 Å². The van der Waals surface area contributed by atoms with Crippen LogP contribution in [0.2, 0.25) is 0 Å². The highest BCUT2D eigenvalue weighted by Crippen LogP contribution is 2.18. The van der Waals surface area contributed by atoms with Gasteiger partial charge in [0.25, 0.3) is 0 Å². The smallest absolute Gasteiger partial charge is 0.0558 e. The van der Waals surface area contributed by atoms with E-state index in [1.165, 1.54) is 34.7 Å². The summed E-state index contributed by atoms with van der Waals surface area (Å²) < 4.78 is 0. The molecule has 0 aliphatic carbocycles. The maximum absolute atomic E-state index is 9.51. The largest absolute Gasteiger partial charge is 0.395 e. The quantitative estimate of drug-likeness (QED) is 0.525. The summed E-state index contributed by atoms with van der Waals surface area (Å²) in [4.78, 5) is 6.58. The maximum atomic E-state index is 9.51. The van der Waals surface area contributed by atoms with Crippen LogP contribution in [0.5, 0.6) is 0 Å². The van der Waals surface area contributed by atoms with Crippen molar-refractivity contribution in [3.8, 4) is 0 Å². The highest BCUT2D eigenvalue weighted by Gasteiger charge is 2.14. The molecule has 142 valence electrons. The second-order valence-electron chi connectivity index (χ2n) is 7.33. The second kappa shape index (κ2) is 10.2. The number of unbranched alkanes of at least 4 members (excludes halogenated alkanes) is 1. The van der Waals surface area contributed by atoms with Crippen LogP contribution in [0.15, 0.2) is 67.0 Å². The minimum absolute atomic E-state index is 0.200. The van der Waals surface area contributed by atoms with E-state index in [2.05, 4.69) is 71.4 Å². The Balaban J connectivity index is 1.53. The van der Waals surface area contributed by atoms with Gasteiger partial charge in [0.05, 0.1) is 6.61 Å². The van der Waals surface area contributed by atoms with Crippen molar-refractivity contribution in [2.24, 2.45) is 0 Å². The molecule has 1 N–H and O–H groups in total. The van der Waals surface area contributed by atoms with Crippen LogP contribution in [0.1, 0.15) is 37.3 Å². The highest BCUT2D eigenvalue weighted by molar-refractivity contribution is 5.81. The van der Waals surface area contributed by atoms with Gasteiger partial charge in [-0.05, 0) is 54.8 Å². The third-order valence-electron chi connectivity index (χ3n) is 5.28. The Morgan fingerprint density at radius 1 is 0.963 bits per heavy atom. The topological polar surface area (TPSA) is 36.4 Å². The van der Waals surface area contributed by atoms with Crippen LogP contribution in [-0.4, -0.2) is 34.2 Å². The number of rotatable bonds is 10. The molecule has 0 unspecified atom stereocenters. The minimum atomic E-state index is 0.200. The average Bonchev–Trinajstić information content (AvgIpc) is 2.71. The number of aromatic nitrogens is 1. The van der Waals surface area contributed by atoms with Gasteiger partial charge in [0, 0.05) is 36.9 Å². The summed E-state index contributed by atoms with van der Waals surface area (Å²) in [6.07, 6.45) is 8.47. The molecule has 27 heavy (non-hydrogen) atoms. The Morgan fingerprint density at radius 2 is 1.81 bits per heavy atom. The molecule has 0 spiro atoms. The van der Waals surface area contributed by atoms with Crippen LogP contribution in [0.25, 0.3) is 10.8 Å². The van der Waals surface area contributed by atoms with Crippen molar-refractivity contribution >= 4 is 10.8 Å². The van der Waals surface area contributed by atoms with Crippen molar-refractivity contribution < 1.29 is 5.11 Å². The molecule has 0 fully saturated rings. The van der Waals surface area contributed by atoms with Gasteiger partial charge in [0.2, 0.25) is 0 Å². The molecule has 0 saturated carbocycles. The molecule has 1 atom stereocenters. The van der Waals surface area contributed by atoms with Gasteiger partial charge in [0.15, 0.2) is 0 Å². The van der Waals surface area contributed by atoms with Crippen LogP contribution in [-0.2, 0) is 13.0 Å². The van der Waals surface area contributed by atoms with Crippen molar-refractivity contribution in [2.45, 2.75) is 45.2 Å². The summed E-state index contributed by atoms with van der Waals surface area (Å²) >= 11 is 0. The summed E-state index contributed by atoms with van der Waals surface area (Å²) in [6, 6.07) is 19.8. The number of benzene rings is 2. The van der Waals surface area contributed by atoms with Gasteiger partial charge in [-0.25, -0.2) is 0 Å². The molecule has 0 saturated heterocycles. The van der Waals surface area contributed by atoms with E-state index in [1.54, 1.807) is 0 Å². The summed E-state index contributed by atoms with van der Waals surface area (Å²) in [5.74, 6) is 0. The van der Waals surface area contributed by atoms with E-state index in [9.17, 15) is 5.11 Å². The van der Waals surface area contributed by atoms with E-state index in [1.807, 2.05) is 12.4 Å². The number of aliphatic hydroxyl groups excluding tert-OH is 1. The monoisotopic (exact) mass is 362 g/mol. The number of fused-ring (bicyclic) bond motifs is 1. The van der Waals surface area contributed by atoms with Crippen molar-refractivity contribution in [2.75, 3.05) is 13.2 Å². The van der Waals surface area contributed by atoms with Crippen LogP contribution in [0.4, 0.5) is 0 Å². The Hall–Kier alpha value is -2.23. The molecule has 1 aromatic heterocycles. The highest BCUT2D eigenvalue weighted by atomic mass is 16.3. The van der Waals surface area contributed by atoms with Crippen molar-refractivity contribution in [1.29, 1.82) is 0 Å². The number of hydrogen-bond acceptors (Lipinski definition) is 3. The summed E-state index contributed by atoms with van der Waals surface area (Å²) in [7, 11) is 0. The first-order valence-electron chi connectivity index (χ1n) is 9.98. The van der Waals surface area contributed by atoms with Crippen molar-refractivity contribution in [1.82, 2.24) is 9.88 Å². The zero-order valence-electron chi connectivity index (χ0n) is 16.2. The van der Waals surface area contributed by atoms with E-state index in [-0.39, 0.29) is 6.61 Å². The first-order chi connectivity index (χ1) is 13.3. The molecule has 0 aliphatic rings. The molecule has 1 heterocycles. The second-order valence-corrected chi connectivity index (χ2v) is 7.33. The fraction of sp³-hybridized carbons (Fsp3) is 0.375. The molecule has 3 aromatic rings. The molecular formula is C24H30N2O. The van der Waals surface area contributed by atoms with Gasteiger partial charge in [-0.2, -0.15) is 0 Å². The standard InChI is InChI=1S/C24H30N2O/c1-20(7-5-6-10-21-8-3-2-4-9-21)26(15-16-27)19-22-11-12-24-18-25-14-13-23(24)17-22/h2-4,8-9,11-14,17-18,20,27H,5-7,10,15-16,19H2,1H3/t20-/m1/s1. The first kappa shape index (κ1) is 19.5. The first-order valence-corrected chi connectivity index (χ1v) is 9.98. The lowest BCUT2D eigenvalue weighted by Crippen LogP contribution is -2.35. The maximum Gasteiger partial charge on any atom is 0.0558 e. The van der Waals surface area contributed by atoms with Gasteiger partial charge in [-0.3, -0.25) is 9.88 Å². The molecule has 3 nitrogen and oxygen atoms in total. The van der Waals surface area contributed by atoms with Crippen molar-refractivity contribution in [3.63, 3.8) is 0 Å². The van der Waals surface area contributed by atoms with E-state index < -0.39 is 0 Å². The lowest BCUT2D eigenvalue weighted by molar-refractivity contribution is 0.144. The van der Waals surface area contributed by atoms with Crippen LogP contribution in [0, 0.1) is 0 Å². The average molecular weight is 363 g/mol. The summed E-state index contributed by atoms with van der Waals surface area (Å²) in [5.41, 5.74) is 2.71. The number of aryl methyl sites for hydroxylation is 1. The van der Waals surface area contributed by atoms with Crippen LogP contribution >= 0.6 is 0 Å². The zero-order valence-corrected chi connectivity index (χ0v) is 16.2. The van der Waals surface area contributed by atoms with E-state index in [0.717, 1.165) is 19.4 Å². The SMILES string of the molecule is C[C@H](CCCCc1ccccc1)N(CCO)Cc1ccc2cnccc2c1. The van der Waals surface area contributed by atoms with Gasteiger partial charge in [-0.1, -0.05) is 48.9 Å². The summed E-state index contributed by atoms with van der Waals surface area (Å²) in [5, 5.41) is 11.9. The molecule has 0 bridgehead atoms. The van der Waals surface area contributed by atoms with Gasteiger partial charge >= 0.3 is 0 Å². The third kappa shape index (κ3) is 5.88. The predicted molar refractivity (Wildman–Crippen MR) is 113 cm³/mol. The Labute approximate surface area is 162 Å². The predicted octanol–water partition coefficient (Wildman–Crippen LogP) is 4.83. The molecule has 2 aromatic carbocycles. The Kier molecular flexibility index (Phi) is 7.37. The minimum Gasteiger partial charge on any atom is -0.395 e. The van der Waals surface area contributed by atoms with Crippen molar-refractivity contribution in [3.05, 3.63) is 78.1 Å². The number of aliphatic hydroxyl groups is 1. The fourth-order valence-corrected chi connectivity index (χ4v) is 3.65. The van der Waals surface area contributed by atoms with E-state index >= 15 is 0 Å². The molecule has 0 amide bonds. The zero-order chi connectivity index (χ0) is 18.9. The van der Waals surface area contributed by atoms with E-state index in [4.69, 9.17) is 0 Å². The molecule has 3 rings (SSSR count). The Bertz CT molecular complexity index is 819. The molecule has 0 radical (unpaired) electrons. The Morgan fingerprint density at radius 3 is 2.63 bits per heavy atom. The number of pyridine rings is 1. The lowest BCUT2D eigenvalue weighted by atomic mass is 10.0. The van der Waals surface area contributed by atoms with Crippen LogP contribution in [0.3, 0.4) is 0 Å². The molecule has 0 aliphatic heterocycles. The van der Waals surface area contributed by atoms with Gasteiger partial charge in [0.1, 0.15) is 0 Å². The summed E-state index contributed by atoms with van der Waals surface area (Å²) in [6.45, 7) is 4.07. The molecule has 3 heteroatoms. The lowest BCUT2D eigenvalue weighted by Gasteiger charge is -2.28. The third-order valence-corrected chi connectivity index (χ3v) is 5.28. The fourth-order valence-electron chi connectivity index (χ4n) is 3.65. The molecular weight excluding hydrogens is 332 g/mol. The van der Waals surface area contributed by atoms with Gasteiger partial charge < -0.3 is 5.11 Å². The number of nitrogens with zero attached hydrogens (tertiary/aromatic N) is 2.